The summed E-state index contributed by atoms with van der Waals surface area (Å²) in [4.78, 5) is 0. The Hall–Kier alpha value is -1.53. The fourth-order valence-corrected chi connectivity index (χ4v) is 1.70. The van der Waals surface area contributed by atoms with E-state index in [0.29, 0.717) is 0 Å². The van der Waals surface area contributed by atoms with Crippen LogP contribution in [0.15, 0.2) is 24.3 Å². The van der Waals surface area contributed by atoms with Crippen LogP contribution < -0.4 is 10.1 Å². The molecule has 0 aliphatic carbocycles. The molecule has 0 spiro atoms. The average Bonchev–Trinajstić information content (AvgIpc) is 2.34. The quantitative estimate of drug-likeness (QED) is 0.750. The van der Waals surface area contributed by atoms with Gasteiger partial charge in [0.15, 0.2) is 0 Å². The Labute approximate surface area is 110 Å². The number of hydrogen-bond acceptors (Lipinski definition) is 3. The van der Waals surface area contributed by atoms with E-state index in [1.807, 2.05) is 38.1 Å². The molecular weight excluding hydrogens is 224 g/mol. The minimum absolute atomic E-state index is 0.147. The molecule has 0 saturated carbocycles. The van der Waals surface area contributed by atoms with Gasteiger partial charge in [0, 0.05) is 0 Å². The largest absolute Gasteiger partial charge is 0.491 e. The summed E-state index contributed by atoms with van der Waals surface area (Å²) in [6.45, 7) is 6.99. The van der Waals surface area contributed by atoms with Crippen LogP contribution in [-0.4, -0.2) is 12.6 Å². The molecule has 3 heteroatoms. The molecule has 1 atom stereocenters. The van der Waals surface area contributed by atoms with E-state index in [1.165, 1.54) is 0 Å². The topological polar surface area (TPSA) is 45.0 Å². The highest BCUT2D eigenvalue weighted by Gasteiger charge is 2.10. The Morgan fingerprint density at radius 2 is 2.17 bits per heavy atom. The predicted molar refractivity (Wildman–Crippen MR) is 73.5 cm³/mol. The number of ether oxygens (including phenoxy) is 1. The summed E-state index contributed by atoms with van der Waals surface area (Å²) in [5, 5.41) is 12.4. The summed E-state index contributed by atoms with van der Waals surface area (Å²) in [5.74, 6) is 0.819. The standard InChI is InChI=1S/C15H22N2O/c1-4-5-9-17-15(11-16)13-7-6-8-14(10-13)18-12(2)3/h6-8,10,12,15,17H,4-5,9H2,1-3H3. The number of nitrogens with zero attached hydrogens (tertiary/aromatic N) is 1. The highest BCUT2D eigenvalue weighted by atomic mass is 16.5. The van der Waals surface area contributed by atoms with Gasteiger partial charge in [-0.3, -0.25) is 5.32 Å². The van der Waals surface area contributed by atoms with Crippen molar-refractivity contribution >= 4 is 0 Å². The fraction of sp³-hybridized carbons (Fsp3) is 0.533. The smallest absolute Gasteiger partial charge is 0.121 e. The summed E-state index contributed by atoms with van der Waals surface area (Å²) in [7, 11) is 0. The molecule has 0 heterocycles. The van der Waals surface area contributed by atoms with Crippen LogP contribution in [0, 0.1) is 11.3 Å². The van der Waals surface area contributed by atoms with E-state index in [2.05, 4.69) is 18.3 Å². The molecule has 0 aliphatic heterocycles. The van der Waals surface area contributed by atoms with Crippen LogP contribution in [0.1, 0.15) is 45.2 Å². The molecule has 0 amide bonds. The van der Waals surface area contributed by atoms with Crippen molar-refractivity contribution in [1.29, 1.82) is 5.26 Å². The Kier molecular flexibility index (Phi) is 6.24. The van der Waals surface area contributed by atoms with Crippen molar-refractivity contribution in [3.05, 3.63) is 29.8 Å². The van der Waals surface area contributed by atoms with Crippen LogP contribution >= 0.6 is 0 Å². The first kappa shape index (κ1) is 14.5. The van der Waals surface area contributed by atoms with Gasteiger partial charge in [0.2, 0.25) is 0 Å². The van der Waals surface area contributed by atoms with Crippen LogP contribution in [0.25, 0.3) is 0 Å². The molecule has 98 valence electrons. The van der Waals surface area contributed by atoms with E-state index in [-0.39, 0.29) is 12.1 Å². The van der Waals surface area contributed by atoms with Crippen molar-refractivity contribution in [3.63, 3.8) is 0 Å². The van der Waals surface area contributed by atoms with Gasteiger partial charge in [0.25, 0.3) is 0 Å². The summed E-state index contributed by atoms with van der Waals surface area (Å²) >= 11 is 0. The highest BCUT2D eigenvalue weighted by Crippen LogP contribution is 2.20. The van der Waals surface area contributed by atoms with E-state index >= 15 is 0 Å². The monoisotopic (exact) mass is 246 g/mol. The van der Waals surface area contributed by atoms with Crippen molar-refractivity contribution < 1.29 is 4.74 Å². The third kappa shape index (κ3) is 4.77. The lowest BCUT2D eigenvalue weighted by atomic mass is 10.1. The molecule has 0 bridgehead atoms. The second-order valence-electron chi connectivity index (χ2n) is 4.61. The van der Waals surface area contributed by atoms with Crippen molar-refractivity contribution in [2.45, 2.75) is 45.8 Å². The second-order valence-corrected chi connectivity index (χ2v) is 4.61. The molecule has 18 heavy (non-hydrogen) atoms. The molecule has 0 radical (unpaired) electrons. The van der Waals surface area contributed by atoms with E-state index in [0.717, 1.165) is 30.7 Å². The van der Waals surface area contributed by atoms with Crippen LogP contribution in [0.3, 0.4) is 0 Å². The minimum atomic E-state index is -0.257. The number of unbranched alkanes of at least 4 members (excludes halogenated alkanes) is 1. The first-order valence-corrected chi connectivity index (χ1v) is 6.57. The first-order valence-electron chi connectivity index (χ1n) is 6.57. The van der Waals surface area contributed by atoms with Gasteiger partial charge in [-0.1, -0.05) is 25.5 Å². The van der Waals surface area contributed by atoms with Gasteiger partial charge < -0.3 is 4.74 Å². The van der Waals surface area contributed by atoms with Crippen LogP contribution in [0.2, 0.25) is 0 Å². The van der Waals surface area contributed by atoms with Crippen molar-refractivity contribution in [2.75, 3.05) is 6.54 Å². The Bertz CT molecular complexity index is 396. The van der Waals surface area contributed by atoms with E-state index in [9.17, 15) is 5.26 Å². The molecule has 1 rings (SSSR count). The summed E-state index contributed by atoms with van der Waals surface area (Å²) in [6.07, 6.45) is 2.36. The van der Waals surface area contributed by atoms with Gasteiger partial charge in [-0.25, -0.2) is 0 Å². The van der Waals surface area contributed by atoms with Gasteiger partial charge in [-0.05, 0) is 44.5 Å². The van der Waals surface area contributed by atoms with Crippen molar-refractivity contribution in [1.82, 2.24) is 5.32 Å². The molecule has 1 unspecified atom stereocenters. The lowest BCUT2D eigenvalue weighted by Crippen LogP contribution is -2.21. The number of nitriles is 1. The van der Waals surface area contributed by atoms with Gasteiger partial charge in [-0.2, -0.15) is 5.26 Å². The number of rotatable bonds is 7. The maximum Gasteiger partial charge on any atom is 0.121 e. The molecular formula is C15H22N2O. The zero-order chi connectivity index (χ0) is 13.4. The maximum absolute atomic E-state index is 9.20. The third-order valence-electron chi connectivity index (χ3n) is 2.57. The van der Waals surface area contributed by atoms with Crippen molar-refractivity contribution in [3.8, 4) is 11.8 Å². The summed E-state index contributed by atoms with van der Waals surface area (Å²) in [6, 6.07) is 9.78. The van der Waals surface area contributed by atoms with E-state index in [1.54, 1.807) is 0 Å². The zero-order valence-electron chi connectivity index (χ0n) is 11.4. The fourth-order valence-electron chi connectivity index (χ4n) is 1.70. The SMILES string of the molecule is CCCCNC(C#N)c1cccc(OC(C)C)c1. The summed E-state index contributed by atoms with van der Waals surface area (Å²) in [5.41, 5.74) is 0.965. The Morgan fingerprint density at radius 1 is 1.39 bits per heavy atom. The highest BCUT2D eigenvalue weighted by molar-refractivity contribution is 5.33. The predicted octanol–water partition coefficient (Wildman–Crippen LogP) is 3.43. The molecule has 0 saturated heterocycles. The lowest BCUT2D eigenvalue weighted by molar-refractivity contribution is 0.242. The van der Waals surface area contributed by atoms with E-state index in [4.69, 9.17) is 4.74 Å². The third-order valence-corrected chi connectivity index (χ3v) is 2.57. The number of hydrogen-bond donors (Lipinski definition) is 1. The Balaban J connectivity index is 2.70. The van der Waals surface area contributed by atoms with Crippen LogP contribution in [0.4, 0.5) is 0 Å². The van der Waals surface area contributed by atoms with Crippen LogP contribution in [-0.2, 0) is 0 Å². The van der Waals surface area contributed by atoms with E-state index < -0.39 is 0 Å². The maximum atomic E-state index is 9.20. The molecule has 0 aliphatic rings. The first-order chi connectivity index (χ1) is 8.67. The van der Waals surface area contributed by atoms with Crippen LogP contribution in [0.5, 0.6) is 5.75 Å². The normalized spacial score (nSPS) is 12.2. The molecule has 0 fully saturated rings. The molecule has 0 aromatic heterocycles. The second kappa shape index (κ2) is 7.73. The van der Waals surface area contributed by atoms with Crippen molar-refractivity contribution in [2.24, 2.45) is 0 Å². The van der Waals surface area contributed by atoms with Gasteiger partial charge >= 0.3 is 0 Å². The molecule has 1 aromatic carbocycles. The molecule has 1 aromatic rings. The summed E-state index contributed by atoms with van der Waals surface area (Å²) < 4.78 is 5.64. The van der Waals surface area contributed by atoms with Gasteiger partial charge in [0.05, 0.1) is 12.2 Å². The number of benzene rings is 1. The minimum Gasteiger partial charge on any atom is -0.491 e. The number of nitrogens with one attached hydrogen (secondary N) is 1. The molecule has 3 nitrogen and oxygen atoms in total. The molecule has 1 N–H and O–H groups in total. The zero-order valence-corrected chi connectivity index (χ0v) is 11.4. The Morgan fingerprint density at radius 3 is 2.78 bits per heavy atom. The van der Waals surface area contributed by atoms with Gasteiger partial charge in [-0.15, -0.1) is 0 Å². The van der Waals surface area contributed by atoms with Gasteiger partial charge in [0.1, 0.15) is 11.8 Å². The average molecular weight is 246 g/mol. The lowest BCUT2D eigenvalue weighted by Gasteiger charge is -2.14.